The van der Waals surface area contributed by atoms with E-state index in [2.05, 4.69) is 15.4 Å². The Morgan fingerprint density at radius 1 is 1.20 bits per heavy atom. The highest BCUT2D eigenvalue weighted by molar-refractivity contribution is 7.92. The maximum absolute atomic E-state index is 15.1. The normalized spacial score (nSPS) is 17.1. The van der Waals surface area contributed by atoms with Crippen molar-refractivity contribution in [3.05, 3.63) is 65.1 Å². The second kappa shape index (κ2) is 12.2. The van der Waals surface area contributed by atoms with E-state index in [1.165, 1.54) is 26.4 Å². The van der Waals surface area contributed by atoms with Crippen LogP contribution in [0.5, 0.6) is 5.75 Å². The van der Waals surface area contributed by atoms with Gasteiger partial charge in [0.05, 0.1) is 19.5 Å². The van der Waals surface area contributed by atoms with Gasteiger partial charge in [-0.25, -0.2) is 33.1 Å². The van der Waals surface area contributed by atoms with E-state index in [4.69, 9.17) is 14.3 Å². The fraction of sp³-hybridized carbons (Fsp3) is 0.407. The Bertz CT molecular complexity index is 1510. The molecule has 1 N–H and O–H groups in total. The summed E-state index contributed by atoms with van der Waals surface area (Å²) in [6.45, 7) is 1.50. The molecule has 0 spiro atoms. The smallest absolute Gasteiger partial charge is 0.264 e. The molecule has 11 nitrogen and oxygen atoms in total. The predicted molar refractivity (Wildman–Crippen MR) is 144 cm³/mol. The van der Waals surface area contributed by atoms with Gasteiger partial charge >= 0.3 is 0 Å². The third kappa shape index (κ3) is 6.54. The number of carbonyl (C=O) groups excluding carboxylic acids is 1. The molecule has 0 bridgehead atoms. The summed E-state index contributed by atoms with van der Waals surface area (Å²) in [5.74, 6) is -0.604. The van der Waals surface area contributed by atoms with E-state index in [0.717, 1.165) is 35.9 Å². The van der Waals surface area contributed by atoms with Gasteiger partial charge in [0.15, 0.2) is 32.4 Å². The van der Waals surface area contributed by atoms with Crippen molar-refractivity contribution in [2.24, 2.45) is 0 Å². The fourth-order valence-electron chi connectivity index (χ4n) is 4.14. The second-order valence-electron chi connectivity index (χ2n) is 9.69. The predicted octanol–water partition coefficient (Wildman–Crippen LogP) is 2.89. The monoisotopic (exact) mass is 574 g/mol. The minimum Gasteiger partial charge on any atom is -0.494 e. The van der Waals surface area contributed by atoms with Crippen molar-refractivity contribution < 1.29 is 31.9 Å². The number of halogens is 1. The van der Waals surface area contributed by atoms with Crippen molar-refractivity contribution in [1.29, 1.82) is 0 Å². The molecular formula is C27H31FN4O7S. The van der Waals surface area contributed by atoms with E-state index in [-0.39, 0.29) is 18.5 Å². The van der Waals surface area contributed by atoms with E-state index in [1.807, 2.05) is 0 Å². The number of methoxy groups -OCH3 is 1. The van der Waals surface area contributed by atoms with Crippen LogP contribution in [0.4, 0.5) is 4.39 Å². The minimum atomic E-state index is -3.95. The molecule has 40 heavy (non-hydrogen) atoms. The number of pyridine rings is 1. The van der Waals surface area contributed by atoms with Crippen molar-refractivity contribution in [3.8, 4) is 28.3 Å². The lowest BCUT2D eigenvalue weighted by molar-refractivity contribution is -0.201. The van der Waals surface area contributed by atoms with E-state index < -0.39 is 38.2 Å². The number of benzene rings is 1. The van der Waals surface area contributed by atoms with Gasteiger partial charge in [-0.15, -0.1) is 0 Å². The van der Waals surface area contributed by atoms with Gasteiger partial charge in [0.2, 0.25) is 0 Å². The summed E-state index contributed by atoms with van der Waals surface area (Å²) in [5.41, 5.74) is 2.87. The molecule has 0 aliphatic carbocycles. The molecule has 1 unspecified atom stereocenters. The lowest BCUT2D eigenvalue weighted by Crippen LogP contribution is -2.51. The van der Waals surface area contributed by atoms with Crippen LogP contribution in [-0.2, 0) is 30.8 Å². The lowest BCUT2D eigenvalue weighted by Gasteiger charge is -2.28. The van der Waals surface area contributed by atoms with Crippen molar-refractivity contribution >= 4 is 15.7 Å². The topological polar surface area (TPSA) is 139 Å². The highest BCUT2D eigenvalue weighted by Crippen LogP contribution is 2.26. The number of sulfone groups is 1. The van der Waals surface area contributed by atoms with E-state index in [9.17, 15) is 18.0 Å². The second-order valence-corrected chi connectivity index (χ2v) is 12.1. The zero-order valence-corrected chi connectivity index (χ0v) is 23.2. The first-order valence-electron chi connectivity index (χ1n) is 12.7. The van der Waals surface area contributed by atoms with E-state index in [0.29, 0.717) is 35.7 Å². The lowest BCUT2D eigenvalue weighted by atomic mass is 10.0. The van der Waals surface area contributed by atoms with Gasteiger partial charge in [-0.1, -0.05) is 24.3 Å². The van der Waals surface area contributed by atoms with Crippen LogP contribution in [0.1, 0.15) is 32.6 Å². The highest BCUT2D eigenvalue weighted by atomic mass is 32.2. The molecule has 1 aliphatic heterocycles. The quantitative estimate of drug-likeness (QED) is 0.362. The summed E-state index contributed by atoms with van der Waals surface area (Å²) >= 11 is 0. The van der Waals surface area contributed by atoms with Gasteiger partial charge in [-0.05, 0) is 31.7 Å². The van der Waals surface area contributed by atoms with Crippen LogP contribution < -0.4 is 15.8 Å². The third-order valence-electron chi connectivity index (χ3n) is 6.94. The van der Waals surface area contributed by atoms with Gasteiger partial charge in [-0.2, -0.15) is 0 Å². The number of hydrogen-bond donors (Lipinski definition) is 1. The Labute approximate surface area is 231 Å². The molecule has 2 aromatic heterocycles. The van der Waals surface area contributed by atoms with Crippen LogP contribution in [0.2, 0.25) is 0 Å². The Hall–Kier alpha value is -3.68. The number of hydroxylamine groups is 1. The molecule has 3 aromatic rings. The number of amides is 1. The molecule has 3 heterocycles. The van der Waals surface area contributed by atoms with Crippen LogP contribution in [0.15, 0.2) is 53.7 Å². The molecule has 4 rings (SSSR count). The Kier molecular flexibility index (Phi) is 8.96. The molecular weight excluding hydrogens is 543 g/mol. The summed E-state index contributed by atoms with van der Waals surface area (Å²) in [6.07, 6.45) is 6.35. The number of nitrogens with zero attached hydrogens (tertiary/aromatic N) is 3. The SMILES string of the molecule is COc1cnc(-c2ccc(-c3cc(=O)n(CC[C@](C)(C(=O)NOC4CCCCO4)S(C)(=O)=O)cc3F)cc2)nc1. The minimum absolute atomic E-state index is 0.0768. The summed E-state index contributed by atoms with van der Waals surface area (Å²) in [6, 6.07) is 7.84. The van der Waals surface area contributed by atoms with Gasteiger partial charge in [0.1, 0.15) is 5.82 Å². The summed E-state index contributed by atoms with van der Waals surface area (Å²) in [7, 11) is -2.44. The molecule has 1 aliphatic rings. The number of aryl methyl sites for hydroxylation is 1. The van der Waals surface area contributed by atoms with Crippen LogP contribution in [0.3, 0.4) is 0 Å². The average Bonchev–Trinajstić information content (AvgIpc) is 2.96. The van der Waals surface area contributed by atoms with Crippen LogP contribution >= 0.6 is 0 Å². The number of carbonyl (C=O) groups is 1. The van der Waals surface area contributed by atoms with Crippen molar-refractivity contribution in [1.82, 2.24) is 20.0 Å². The largest absolute Gasteiger partial charge is 0.494 e. The zero-order valence-electron chi connectivity index (χ0n) is 22.4. The van der Waals surface area contributed by atoms with Crippen LogP contribution in [0, 0.1) is 5.82 Å². The Morgan fingerprint density at radius 2 is 1.88 bits per heavy atom. The molecule has 2 atom stereocenters. The van der Waals surface area contributed by atoms with Crippen LogP contribution in [-0.4, -0.2) is 59.9 Å². The standard InChI is InChI=1S/C27H31FN4O7S/c1-27(40(3,35)36,26(34)31-39-24-6-4-5-13-38-24)11-12-32-17-22(28)21(14-23(32)33)18-7-9-19(10-8-18)25-29-15-20(37-2)16-30-25/h7-10,14-17,24H,4-6,11-13H2,1-3H3,(H,31,34)/t24?,27-/m1/s1. The van der Waals surface area contributed by atoms with Gasteiger partial charge in [-0.3, -0.25) is 9.59 Å². The molecule has 1 saturated heterocycles. The van der Waals surface area contributed by atoms with Gasteiger partial charge in [0, 0.05) is 49.2 Å². The number of nitrogens with one attached hydrogen (secondary N) is 1. The maximum Gasteiger partial charge on any atom is 0.264 e. The number of rotatable bonds is 10. The van der Waals surface area contributed by atoms with Gasteiger partial charge in [0.25, 0.3) is 11.5 Å². The number of aromatic nitrogens is 3. The van der Waals surface area contributed by atoms with Gasteiger partial charge < -0.3 is 14.0 Å². The summed E-state index contributed by atoms with van der Waals surface area (Å²) < 4.78 is 49.9. The molecule has 13 heteroatoms. The fourth-order valence-corrected chi connectivity index (χ4v) is 4.98. The first-order valence-corrected chi connectivity index (χ1v) is 14.5. The Morgan fingerprint density at radius 3 is 2.48 bits per heavy atom. The number of hydrogen-bond acceptors (Lipinski definition) is 9. The first kappa shape index (κ1) is 29.3. The molecule has 0 saturated carbocycles. The molecule has 1 aromatic carbocycles. The van der Waals surface area contributed by atoms with Crippen molar-refractivity contribution in [2.75, 3.05) is 20.0 Å². The third-order valence-corrected chi connectivity index (χ3v) is 8.97. The highest BCUT2D eigenvalue weighted by Gasteiger charge is 2.44. The van der Waals surface area contributed by atoms with Crippen molar-refractivity contribution in [3.63, 3.8) is 0 Å². The molecule has 1 fully saturated rings. The van der Waals surface area contributed by atoms with Crippen LogP contribution in [0.25, 0.3) is 22.5 Å². The Balaban J connectivity index is 1.48. The van der Waals surface area contributed by atoms with E-state index >= 15 is 4.39 Å². The van der Waals surface area contributed by atoms with E-state index in [1.54, 1.807) is 24.3 Å². The molecule has 0 radical (unpaired) electrons. The summed E-state index contributed by atoms with van der Waals surface area (Å²) in [5, 5.41) is 0. The maximum atomic E-state index is 15.1. The van der Waals surface area contributed by atoms with Crippen molar-refractivity contribution in [2.45, 2.75) is 50.2 Å². The number of ether oxygens (including phenoxy) is 2. The zero-order chi connectivity index (χ0) is 28.9. The molecule has 1 amide bonds. The molecule has 214 valence electrons. The first-order chi connectivity index (χ1) is 19.0. The average molecular weight is 575 g/mol. The summed E-state index contributed by atoms with van der Waals surface area (Å²) in [4.78, 5) is 39.4.